The second kappa shape index (κ2) is 6.77. The highest BCUT2D eigenvalue weighted by molar-refractivity contribution is 9.10. The van der Waals surface area contributed by atoms with Crippen LogP contribution >= 0.6 is 15.9 Å². The zero-order chi connectivity index (χ0) is 14.7. The van der Waals surface area contributed by atoms with Gasteiger partial charge in [-0.1, -0.05) is 34.1 Å². The number of benzene rings is 1. The molecule has 1 saturated carbocycles. The lowest BCUT2D eigenvalue weighted by Gasteiger charge is -2.22. The maximum Gasteiger partial charge on any atom is 0.117 e. The number of aliphatic hydroxyl groups is 1. The SMILES string of the molecule is OC(CCN(Cc1ccco1)C1CC1)c1ccccc1Br. The van der Waals surface area contributed by atoms with Gasteiger partial charge in [-0.15, -0.1) is 0 Å². The van der Waals surface area contributed by atoms with Crippen LogP contribution in [0.1, 0.15) is 36.7 Å². The summed E-state index contributed by atoms with van der Waals surface area (Å²) in [5.41, 5.74) is 0.964. The molecule has 0 spiro atoms. The third-order valence-electron chi connectivity index (χ3n) is 3.96. The smallest absolute Gasteiger partial charge is 0.117 e. The van der Waals surface area contributed by atoms with Crippen LogP contribution in [0.2, 0.25) is 0 Å². The molecule has 3 rings (SSSR count). The molecule has 0 amide bonds. The number of aliphatic hydroxyl groups excluding tert-OH is 1. The molecule has 112 valence electrons. The first-order valence-corrected chi connectivity index (χ1v) is 8.22. The fraction of sp³-hybridized carbons (Fsp3) is 0.412. The predicted molar refractivity (Wildman–Crippen MR) is 85.9 cm³/mol. The third kappa shape index (κ3) is 3.96. The van der Waals surface area contributed by atoms with Crippen molar-refractivity contribution in [2.75, 3.05) is 6.54 Å². The van der Waals surface area contributed by atoms with E-state index in [1.54, 1.807) is 6.26 Å². The van der Waals surface area contributed by atoms with Gasteiger partial charge in [-0.3, -0.25) is 4.90 Å². The molecular weight excluding hydrogens is 330 g/mol. The Bertz CT molecular complexity index is 566. The van der Waals surface area contributed by atoms with Gasteiger partial charge < -0.3 is 9.52 Å². The predicted octanol–water partition coefficient (Wildman–Crippen LogP) is 4.13. The lowest BCUT2D eigenvalue weighted by atomic mass is 10.1. The van der Waals surface area contributed by atoms with E-state index in [0.717, 1.165) is 35.3 Å². The summed E-state index contributed by atoms with van der Waals surface area (Å²) in [4.78, 5) is 2.42. The lowest BCUT2D eigenvalue weighted by molar-refractivity contribution is 0.133. The monoisotopic (exact) mass is 349 g/mol. The summed E-state index contributed by atoms with van der Waals surface area (Å²) >= 11 is 3.51. The molecule has 1 aromatic carbocycles. The minimum atomic E-state index is -0.432. The molecule has 0 radical (unpaired) electrons. The summed E-state index contributed by atoms with van der Waals surface area (Å²) < 4.78 is 6.41. The summed E-state index contributed by atoms with van der Waals surface area (Å²) in [6.07, 6.45) is 4.53. The average molecular weight is 350 g/mol. The first-order chi connectivity index (χ1) is 10.2. The van der Waals surface area contributed by atoms with Gasteiger partial charge in [0.1, 0.15) is 5.76 Å². The summed E-state index contributed by atoms with van der Waals surface area (Å²) in [5, 5.41) is 10.4. The van der Waals surface area contributed by atoms with E-state index in [9.17, 15) is 5.11 Å². The van der Waals surface area contributed by atoms with Crippen LogP contribution in [-0.4, -0.2) is 22.6 Å². The molecule has 3 nitrogen and oxygen atoms in total. The van der Waals surface area contributed by atoms with E-state index in [1.165, 1.54) is 12.8 Å². The van der Waals surface area contributed by atoms with E-state index < -0.39 is 6.10 Å². The van der Waals surface area contributed by atoms with Crippen molar-refractivity contribution in [3.63, 3.8) is 0 Å². The van der Waals surface area contributed by atoms with Crippen LogP contribution in [0.25, 0.3) is 0 Å². The van der Waals surface area contributed by atoms with Crippen molar-refractivity contribution in [2.24, 2.45) is 0 Å². The van der Waals surface area contributed by atoms with E-state index in [0.29, 0.717) is 6.04 Å². The van der Waals surface area contributed by atoms with Gasteiger partial charge in [0.15, 0.2) is 0 Å². The molecule has 1 aliphatic rings. The number of hydrogen-bond acceptors (Lipinski definition) is 3. The van der Waals surface area contributed by atoms with Gasteiger partial charge in [-0.2, -0.15) is 0 Å². The summed E-state index contributed by atoms with van der Waals surface area (Å²) in [5.74, 6) is 0.997. The molecule has 2 aromatic rings. The van der Waals surface area contributed by atoms with Gasteiger partial charge in [-0.25, -0.2) is 0 Å². The van der Waals surface area contributed by atoms with E-state index in [-0.39, 0.29) is 0 Å². The molecular formula is C17H20BrNO2. The van der Waals surface area contributed by atoms with Gasteiger partial charge in [0.2, 0.25) is 0 Å². The molecule has 1 aromatic heterocycles. The zero-order valence-corrected chi connectivity index (χ0v) is 13.5. The highest BCUT2D eigenvalue weighted by Gasteiger charge is 2.29. The van der Waals surface area contributed by atoms with Crippen molar-refractivity contribution in [3.05, 3.63) is 58.5 Å². The molecule has 4 heteroatoms. The van der Waals surface area contributed by atoms with Crippen LogP contribution in [-0.2, 0) is 6.54 Å². The van der Waals surface area contributed by atoms with Gasteiger partial charge in [0.05, 0.1) is 18.9 Å². The fourth-order valence-electron chi connectivity index (χ4n) is 2.62. The normalized spacial score (nSPS) is 16.3. The van der Waals surface area contributed by atoms with Gasteiger partial charge in [0.25, 0.3) is 0 Å². The molecule has 0 bridgehead atoms. The standard InChI is InChI=1S/C17H20BrNO2/c18-16-6-2-1-5-15(16)17(20)9-10-19(13-7-8-13)12-14-4-3-11-21-14/h1-6,11,13,17,20H,7-10,12H2. The molecule has 0 aliphatic heterocycles. The van der Waals surface area contributed by atoms with Crippen molar-refractivity contribution >= 4 is 15.9 Å². The van der Waals surface area contributed by atoms with Crippen molar-refractivity contribution in [1.29, 1.82) is 0 Å². The van der Waals surface area contributed by atoms with Gasteiger partial charge >= 0.3 is 0 Å². The van der Waals surface area contributed by atoms with Crippen LogP contribution in [0.4, 0.5) is 0 Å². The first kappa shape index (κ1) is 14.8. The van der Waals surface area contributed by atoms with Gasteiger partial charge in [-0.05, 0) is 43.0 Å². The van der Waals surface area contributed by atoms with Crippen molar-refractivity contribution < 1.29 is 9.52 Å². The number of nitrogens with zero attached hydrogens (tertiary/aromatic N) is 1. The van der Waals surface area contributed by atoms with E-state index in [1.807, 2.05) is 36.4 Å². The van der Waals surface area contributed by atoms with Crippen LogP contribution in [0.15, 0.2) is 51.6 Å². The minimum Gasteiger partial charge on any atom is -0.468 e. The van der Waals surface area contributed by atoms with E-state index >= 15 is 0 Å². The Kier molecular flexibility index (Phi) is 4.78. The fourth-order valence-corrected chi connectivity index (χ4v) is 3.17. The lowest BCUT2D eigenvalue weighted by Crippen LogP contribution is -2.27. The Morgan fingerprint density at radius 3 is 2.71 bits per heavy atom. The maximum atomic E-state index is 10.4. The van der Waals surface area contributed by atoms with Crippen LogP contribution in [0, 0.1) is 0 Å². The van der Waals surface area contributed by atoms with Crippen LogP contribution in [0.5, 0.6) is 0 Å². The topological polar surface area (TPSA) is 36.6 Å². The molecule has 1 fully saturated rings. The Balaban J connectivity index is 1.58. The van der Waals surface area contributed by atoms with Gasteiger partial charge in [0, 0.05) is 17.1 Å². The largest absolute Gasteiger partial charge is 0.468 e. The highest BCUT2D eigenvalue weighted by Crippen LogP contribution is 2.31. The molecule has 21 heavy (non-hydrogen) atoms. The highest BCUT2D eigenvalue weighted by atomic mass is 79.9. The average Bonchev–Trinajstić information content (AvgIpc) is 3.21. The molecule has 1 N–H and O–H groups in total. The number of furan rings is 1. The molecule has 1 unspecified atom stereocenters. The van der Waals surface area contributed by atoms with Crippen molar-refractivity contribution in [1.82, 2.24) is 4.90 Å². The number of rotatable bonds is 7. The van der Waals surface area contributed by atoms with Crippen molar-refractivity contribution in [3.8, 4) is 0 Å². The Morgan fingerprint density at radius 1 is 1.24 bits per heavy atom. The minimum absolute atomic E-state index is 0.432. The summed E-state index contributed by atoms with van der Waals surface area (Å²) in [6.45, 7) is 1.72. The van der Waals surface area contributed by atoms with Crippen LogP contribution < -0.4 is 0 Å². The second-order valence-corrected chi connectivity index (χ2v) is 6.46. The Morgan fingerprint density at radius 2 is 2.05 bits per heavy atom. The first-order valence-electron chi connectivity index (χ1n) is 7.43. The quantitative estimate of drug-likeness (QED) is 0.816. The second-order valence-electron chi connectivity index (χ2n) is 5.61. The summed E-state index contributed by atoms with van der Waals surface area (Å²) in [7, 11) is 0. The van der Waals surface area contributed by atoms with E-state index in [4.69, 9.17) is 4.42 Å². The zero-order valence-electron chi connectivity index (χ0n) is 11.9. The Hall–Kier alpha value is -1.10. The van der Waals surface area contributed by atoms with E-state index in [2.05, 4.69) is 20.8 Å². The summed E-state index contributed by atoms with van der Waals surface area (Å²) in [6, 6.07) is 12.5. The molecule has 1 heterocycles. The number of hydrogen-bond donors (Lipinski definition) is 1. The van der Waals surface area contributed by atoms with Crippen LogP contribution in [0.3, 0.4) is 0 Å². The third-order valence-corrected chi connectivity index (χ3v) is 4.68. The molecule has 1 atom stereocenters. The van der Waals surface area contributed by atoms with Crippen molar-refractivity contribution in [2.45, 2.75) is 38.0 Å². The maximum absolute atomic E-state index is 10.4. The molecule has 0 saturated heterocycles. The Labute approximate surface area is 133 Å². The number of halogens is 1. The molecule has 1 aliphatic carbocycles.